The number of nitriles is 1. The summed E-state index contributed by atoms with van der Waals surface area (Å²) < 4.78 is 37.9. The second-order valence-corrected chi connectivity index (χ2v) is 2.50. The maximum Gasteiger partial charge on any atom is 0.179 e. The lowest BCUT2D eigenvalue weighted by Crippen LogP contribution is -2.03. The summed E-state index contributed by atoms with van der Waals surface area (Å²) in [5.74, 6) is -4.71. The molecule has 0 bridgehead atoms. The van der Waals surface area contributed by atoms with E-state index in [1.54, 1.807) is 0 Å². The Balaban J connectivity index is 3.17. The van der Waals surface area contributed by atoms with E-state index < -0.39 is 35.2 Å². The van der Waals surface area contributed by atoms with Gasteiger partial charge in [-0.05, 0) is 6.07 Å². The van der Waals surface area contributed by atoms with Gasteiger partial charge in [0.05, 0.1) is 18.1 Å². The van der Waals surface area contributed by atoms with Gasteiger partial charge in [-0.1, -0.05) is 0 Å². The maximum absolute atomic E-state index is 12.9. The third-order valence-corrected chi connectivity index (χ3v) is 1.55. The first kappa shape index (κ1) is 10.3. The summed E-state index contributed by atoms with van der Waals surface area (Å²) in [5, 5.41) is 8.15. The molecular formula is C9H4F3NO. The Kier molecular flexibility index (Phi) is 2.87. The van der Waals surface area contributed by atoms with E-state index in [0.717, 1.165) is 0 Å². The van der Waals surface area contributed by atoms with E-state index in [2.05, 4.69) is 0 Å². The summed E-state index contributed by atoms with van der Waals surface area (Å²) in [7, 11) is 0. The van der Waals surface area contributed by atoms with Crippen molar-refractivity contribution in [2.45, 2.75) is 6.42 Å². The molecule has 72 valence electrons. The van der Waals surface area contributed by atoms with Crippen molar-refractivity contribution in [1.82, 2.24) is 0 Å². The van der Waals surface area contributed by atoms with E-state index in [1.165, 1.54) is 6.07 Å². The van der Waals surface area contributed by atoms with Crippen LogP contribution in [0.15, 0.2) is 12.1 Å². The summed E-state index contributed by atoms with van der Waals surface area (Å²) in [6.07, 6.45) is -0.567. The number of halogens is 3. The van der Waals surface area contributed by atoms with Crippen LogP contribution in [0.2, 0.25) is 0 Å². The Morgan fingerprint density at radius 2 is 1.79 bits per heavy atom. The first-order valence-electron chi connectivity index (χ1n) is 3.61. The lowest BCUT2D eigenvalue weighted by atomic mass is 10.1. The van der Waals surface area contributed by atoms with Gasteiger partial charge >= 0.3 is 0 Å². The molecule has 0 amide bonds. The highest BCUT2D eigenvalue weighted by Crippen LogP contribution is 2.15. The van der Waals surface area contributed by atoms with Gasteiger partial charge in [-0.2, -0.15) is 5.26 Å². The predicted molar refractivity (Wildman–Crippen MR) is 40.9 cm³/mol. The van der Waals surface area contributed by atoms with Crippen molar-refractivity contribution >= 4 is 5.78 Å². The highest BCUT2D eigenvalue weighted by atomic mass is 19.2. The average molecular weight is 199 g/mol. The van der Waals surface area contributed by atoms with Crippen molar-refractivity contribution in [3.05, 3.63) is 35.1 Å². The van der Waals surface area contributed by atoms with Gasteiger partial charge < -0.3 is 0 Å². The van der Waals surface area contributed by atoms with Crippen LogP contribution in [-0.2, 0) is 0 Å². The van der Waals surface area contributed by atoms with Crippen LogP contribution >= 0.6 is 0 Å². The van der Waals surface area contributed by atoms with Gasteiger partial charge in [0.25, 0.3) is 0 Å². The van der Waals surface area contributed by atoms with E-state index in [-0.39, 0.29) is 6.07 Å². The largest absolute Gasteiger partial charge is 0.293 e. The Labute approximate surface area is 77.6 Å². The minimum absolute atomic E-state index is 0.278. The smallest absolute Gasteiger partial charge is 0.179 e. The number of nitrogens with zero attached hydrogens (tertiary/aromatic N) is 1. The molecule has 0 fully saturated rings. The van der Waals surface area contributed by atoms with Crippen molar-refractivity contribution in [3.63, 3.8) is 0 Å². The number of Topliss-reactive ketones (excluding diaryl/α,β-unsaturated/α-hetero) is 1. The van der Waals surface area contributed by atoms with Crippen LogP contribution in [0, 0.1) is 28.8 Å². The Bertz CT molecular complexity index is 423. The highest BCUT2D eigenvalue weighted by molar-refractivity contribution is 5.97. The fraction of sp³-hybridized carbons (Fsp3) is 0.111. The fourth-order valence-corrected chi connectivity index (χ4v) is 0.903. The fourth-order valence-electron chi connectivity index (χ4n) is 0.903. The van der Waals surface area contributed by atoms with E-state index >= 15 is 0 Å². The Morgan fingerprint density at radius 1 is 1.21 bits per heavy atom. The molecule has 0 aliphatic rings. The van der Waals surface area contributed by atoms with Crippen LogP contribution in [0.5, 0.6) is 0 Å². The summed E-state index contributed by atoms with van der Waals surface area (Å²) in [5.41, 5.74) is -0.606. The number of hydrogen-bond acceptors (Lipinski definition) is 2. The summed E-state index contributed by atoms with van der Waals surface area (Å²) >= 11 is 0. The second kappa shape index (κ2) is 3.92. The molecule has 0 radical (unpaired) electrons. The van der Waals surface area contributed by atoms with Gasteiger partial charge in [-0.15, -0.1) is 0 Å². The zero-order chi connectivity index (χ0) is 10.7. The van der Waals surface area contributed by atoms with Crippen LogP contribution in [0.25, 0.3) is 0 Å². The summed E-state index contributed by atoms with van der Waals surface area (Å²) in [6, 6.07) is 2.22. The molecule has 0 saturated heterocycles. The molecule has 0 aliphatic carbocycles. The number of benzene rings is 1. The lowest BCUT2D eigenvalue weighted by Gasteiger charge is -2.00. The molecule has 5 heteroatoms. The molecule has 0 unspecified atom stereocenters. The third-order valence-electron chi connectivity index (χ3n) is 1.55. The van der Waals surface area contributed by atoms with E-state index in [1.807, 2.05) is 0 Å². The molecule has 0 heterocycles. The monoisotopic (exact) mass is 199 g/mol. The normalized spacial score (nSPS) is 9.57. The summed E-state index contributed by atoms with van der Waals surface area (Å²) in [4.78, 5) is 11.0. The van der Waals surface area contributed by atoms with E-state index in [0.29, 0.717) is 6.07 Å². The van der Waals surface area contributed by atoms with Crippen LogP contribution in [-0.4, -0.2) is 5.78 Å². The molecule has 0 atom stereocenters. The standard InChI is InChI=1S/C9H4F3NO/c10-6-4-8(12)7(11)3-5(6)9(14)1-2-13/h3-4H,1H2. The number of ketones is 1. The predicted octanol–water partition coefficient (Wildman–Crippen LogP) is 2.20. The molecule has 0 aromatic heterocycles. The zero-order valence-corrected chi connectivity index (χ0v) is 6.85. The molecule has 1 aromatic carbocycles. The molecule has 0 N–H and O–H groups in total. The van der Waals surface area contributed by atoms with Crippen LogP contribution in [0.1, 0.15) is 16.8 Å². The average Bonchev–Trinajstić information content (AvgIpc) is 2.11. The molecule has 0 saturated carbocycles. The number of carbonyl (C=O) groups is 1. The lowest BCUT2D eigenvalue weighted by molar-refractivity contribution is 0.0993. The molecule has 2 nitrogen and oxygen atoms in total. The van der Waals surface area contributed by atoms with E-state index in [9.17, 15) is 18.0 Å². The van der Waals surface area contributed by atoms with Crippen LogP contribution in [0.4, 0.5) is 13.2 Å². The molecular weight excluding hydrogens is 195 g/mol. The maximum atomic E-state index is 12.9. The van der Waals surface area contributed by atoms with Gasteiger partial charge in [-0.25, -0.2) is 13.2 Å². The number of rotatable bonds is 2. The molecule has 0 spiro atoms. The van der Waals surface area contributed by atoms with Gasteiger partial charge in [0.1, 0.15) is 5.82 Å². The molecule has 0 aliphatic heterocycles. The van der Waals surface area contributed by atoms with Crippen molar-refractivity contribution in [1.29, 1.82) is 5.26 Å². The minimum atomic E-state index is -1.36. The number of carbonyl (C=O) groups excluding carboxylic acids is 1. The van der Waals surface area contributed by atoms with Crippen molar-refractivity contribution in [2.24, 2.45) is 0 Å². The summed E-state index contributed by atoms with van der Waals surface area (Å²) in [6.45, 7) is 0. The van der Waals surface area contributed by atoms with Crippen LogP contribution in [0.3, 0.4) is 0 Å². The second-order valence-electron chi connectivity index (χ2n) is 2.50. The zero-order valence-electron chi connectivity index (χ0n) is 6.85. The van der Waals surface area contributed by atoms with Gasteiger partial charge in [-0.3, -0.25) is 4.79 Å². The third kappa shape index (κ3) is 1.91. The van der Waals surface area contributed by atoms with Gasteiger partial charge in [0.2, 0.25) is 0 Å². The topological polar surface area (TPSA) is 40.9 Å². The first-order valence-corrected chi connectivity index (χ1v) is 3.61. The van der Waals surface area contributed by atoms with Gasteiger partial charge in [0.15, 0.2) is 17.4 Å². The number of hydrogen-bond donors (Lipinski definition) is 0. The molecule has 1 aromatic rings. The molecule has 14 heavy (non-hydrogen) atoms. The Morgan fingerprint density at radius 3 is 2.36 bits per heavy atom. The SMILES string of the molecule is N#CCC(=O)c1cc(F)c(F)cc1F. The molecule has 1 rings (SSSR count). The first-order chi connectivity index (χ1) is 6.56. The highest BCUT2D eigenvalue weighted by Gasteiger charge is 2.15. The van der Waals surface area contributed by atoms with Crippen LogP contribution < -0.4 is 0 Å². The van der Waals surface area contributed by atoms with Crippen molar-refractivity contribution in [2.75, 3.05) is 0 Å². The van der Waals surface area contributed by atoms with E-state index in [4.69, 9.17) is 5.26 Å². The minimum Gasteiger partial charge on any atom is -0.293 e. The van der Waals surface area contributed by atoms with Gasteiger partial charge in [0, 0.05) is 6.07 Å². The quantitative estimate of drug-likeness (QED) is 0.541. The van der Waals surface area contributed by atoms with Crippen molar-refractivity contribution in [3.8, 4) is 6.07 Å². The van der Waals surface area contributed by atoms with Crippen molar-refractivity contribution < 1.29 is 18.0 Å². The Hall–Kier alpha value is -1.83.